The number of nitrogens with one attached hydrogen (secondary N) is 3. The lowest BCUT2D eigenvalue weighted by atomic mass is 10.1. The molecule has 1 aromatic carbocycles. The van der Waals surface area contributed by atoms with Crippen molar-refractivity contribution in [1.29, 1.82) is 0 Å². The summed E-state index contributed by atoms with van der Waals surface area (Å²) in [7, 11) is 0. The molecular formula is C18H29N5O5. The van der Waals surface area contributed by atoms with Gasteiger partial charge in [-0.3, -0.25) is 9.59 Å². The van der Waals surface area contributed by atoms with Crippen LogP contribution in [0.1, 0.15) is 18.9 Å². The van der Waals surface area contributed by atoms with Crippen molar-refractivity contribution in [3.8, 4) is 0 Å². The standard InChI is InChI=1S/C18H29N5O5/c1-11(24)15(17(26)22-13(7-8-19)18(27)28)23-16(25)14(9-20)21-10-12-5-3-2-4-6-12/h2-6,11,13-15,21,24H,7-10,19-20H2,1H3,(H,22,26)(H,23,25)(H,27,28)/t11-,13-,14-,15-/m0/s1. The maximum atomic E-state index is 12.5. The molecule has 0 aliphatic rings. The minimum absolute atomic E-state index is 0.0194. The Bertz CT molecular complexity index is 641. The van der Waals surface area contributed by atoms with Gasteiger partial charge in [0.2, 0.25) is 11.8 Å². The monoisotopic (exact) mass is 395 g/mol. The number of carboxylic acid groups (broad SMARTS) is 1. The van der Waals surface area contributed by atoms with Crippen LogP contribution in [0.25, 0.3) is 0 Å². The SMILES string of the molecule is C[C@H](O)[C@H](NC(=O)[C@H](CN)NCc1ccccc1)C(=O)N[C@@H](CCN)C(=O)O. The Morgan fingerprint density at radius 1 is 1.04 bits per heavy atom. The predicted octanol–water partition coefficient (Wildman–Crippen LogP) is -2.11. The summed E-state index contributed by atoms with van der Waals surface area (Å²) in [4.78, 5) is 36.0. The molecule has 0 spiro atoms. The molecule has 10 nitrogen and oxygen atoms in total. The van der Waals surface area contributed by atoms with Gasteiger partial charge in [0.05, 0.1) is 12.1 Å². The number of aliphatic carboxylic acids is 1. The number of aliphatic hydroxyl groups is 1. The number of hydrogen-bond acceptors (Lipinski definition) is 7. The van der Waals surface area contributed by atoms with Gasteiger partial charge in [-0.1, -0.05) is 30.3 Å². The lowest BCUT2D eigenvalue weighted by Crippen LogP contribution is -2.59. The van der Waals surface area contributed by atoms with Crippen molar-refractivity contribution in [3.63, 3.8) is 0 Å². The number of aliphatic hydroxyl groups excluding tert-OH is 1. The fourth-order valence-electron chi connectivity index (χ4n) is 2.46. The molecule has 0 heterocycles. The first-order valence-electron chi connectivity index (χ1n) is 8.99. The third kappa shape index (κ3) is 7.61. The molecule has 4 atom stereocenters. The molecule has 0 aliphatic heterocycles. The summed E-state index contributed by atoms with van der Waals surface area (Å²) in [5.74, 6) is -2.65. The Morgan fingerprint density at radius 2 is 1.68 bits per heavy atom. The Labute approximate surface area is 163 Å². The van der Waals surface area contributed by atoms with Gasteiger partial charge in [-0.15, -0.1) is 0 Å². The van der Waals surface area contributed by atoms with Crippen molar-refractivity contribution < 1.29 is 24.6 Å². The van der Waals surface area contributed by atoms with Gasteiger partial charge in [-0.25, -0.2) is 4.79 Å². The first-order chi connectivity index (χ1) is 13.3. The number of carbonyl (C=O) groups is 3. The summed E-state index contributed by atoms with van der Waals surface area (Å²) in [6, 6.07) is 6.02. The second-order valence-electron chi connectivity index (χ2n) is 6.36. The summed E-state index contributed by atoms with van der Waals surface area (Å²) < 4.78 is 0. The van der Waals surface area contributed by atoms with Crippen LogP contribution in [0.15, 0.2) is 30.3 Å². The second kappa shape index (κ2) is 12.0. The highest BCUT2D eigenvalue weighted by molar-refractivity contribution is 5.92. The third-order valence-corrected chi connectivity index (χ3v) is 4.08. The van der Waals surface area contributed by atoms with Crippen LogP contribution in [0.4, 0.5) is 0 Å². The van der Waals surface area contributed by atoms with Crippen LogP contribution in [0, 0.1) is 0 Å². The molecule has 0 radical (unpaired) electrons. The van der Waals surface area contributed by atoms with E-state index in [1.807, 2.05) is 30.3 Å². The molecule has 0 saturated carbocycles. The quantitative estimate of drug-likeness (QED) is 0.210. The molecule has 0 unspecified atom stereocenters. The van der Waals surface area contributed by atoms with Gasteiger partial charge >= 0.3 is 5.97 Å². The molecule has 2 amide bonds. The van der Waals surface area contributed by atoms with Crippen molar-refractivity contribution in [2.75, 3.05) is 13.1 Å². The summed E-state index contributed by atoms with van der Waals surface area (Å²) in [6.45, 7) is 1.73. The average Bonchev–Trinajstić information content (AvgIpc) is 2.66. The number of amides is 2. The number of hydrogen-bond donors (Lipinski definition) is 7. The van der Waals surface area contributed by atoms with E-state index in [1.165, 1.54) is 6.92 Å². The maximum Gasteiger partial charge on any atom is 0.326 e. The van der Waals surface area contributed by atoms with Crippen molar-refractivity contribution in [1.82, 2.24) is 16.0 Å². The highest BCUT2D eigenvalue weighted by Gasteiger charge is 2.31. The van der Waals surface area contributed by atoms with Crippen LogP contribution >= 0.6 is 0 Å². The second-order valence-corrected chi connectivity index (χ2v) is 6.36. The summed E-state index contributed by atoms with van der Waals surface area (Å²) in [5.41, 5.74) is 11.9. The van der Waals surface area contributed by atoms with Gasteiger partial charge in [-0.05, 0) is 25.5 Å². The van der Waals surface area contributed by atoms with E-state index in [9.17, 15) is 19.5 Å². The Hall–Kier alpha value is -2.53. The molecule has 0 aliphatic carbocycles. The van der Waals surface area contributed by atoms with Crippen molar-refractivity contribution in [2.24, 2.45) is 11.5 Å². The van der Waals surface area contributed by atoms with Crippen LogP contribution in [0.5, 0.6) is 0 Å². The van der Waals surface area contributed by atoms with Gasteiger partial charge in [-0.2, -0.15) is 0 Å². The molecule has 10 heteroatoms. The largest absolute Gasteiger partial charge is 0.480 e. The molecule has 0 fully saturated rings. The zero-order chi connectivity index (χ0) is 21.1. The summed E-state index contributed by atoms with van der Waals surface area (Å²) in [5, 5.41) is 26.7. The van der Waals surface area contributed by atoms with E-state index in [1.54, 1.807) is 0 Å². The Morgan fingerprint density at radius 3 is 2.18 bits per heavy atom. The van der Waals surface area contributed by atoms with Gasteiger partial charge in [0, 0.05) is 13.1 Å². The van der Waals surface area contributed by atoms with E-state index < -0.39 is 42.0 Å². The van der Waals surface area contributed by atoms with Gasteiger partial charge in [0.15, 0.2) is 0 Å². The zero-order valence-electron chi connectivity index (χ0n) is 15.8. The van der Waals surface area contributed by atoms with E-state index in [4.69, 9.17) is 16.6 Å². The Kier molecular flexibility index (Phi) is 10.1. The van der Waals surface area contributed by atoms with Gasteiger partial charge < -0.3 is 37.6 Å². The molecule has 28 heavy (non-hydrogen) atoms. The molecule has 0 bridgehead atoms. The summed E-state index contributed by atoms with van der Waals surface area (Å²) >= 11 is 0. The first kappa shape index (κ1) is 23.5. The zero-order valence-corrected chi connectivity index (χ0v) is 15.8. The third-order valence-electron chi connectivity index (χ3n) is 4.08. The number of benzene rings is 1. The van der Waals surface area contributed by atoms with Crippen LogP contribution in [0.3, 0.4) is 0 Å². The van der Waals surface area contributed by atoms with Crippen LogP contribution in [0.2, 0.25) is 0 Å². The average molecular weight is 395 g/mol. The number of carboxylic acids is 1. The minimum atomic E-state index is -1.33. The molecule has 156 valence electrons. The lowest BCUT2D eigenvalue weighted by molar-refractivity contribution is -0.143. The number of carbonyl (C=O) groups excluding carboxylic acids is 2. The smallest absolute Gasteiger partial charge is 0.326 e. The van der Waals surface area contributed by atoms with Crippen molar-refractivity contribution in [2.45, 2.75) is 44.1 Å². The highest BCUT2D eigenvalue weighted by Crippen LogP contribution is 2.01. The molecule has 1 aromatic rings. The lowest BCUT2D eigenvalue weighted by Gasteiger charge is -2.25. The fourth-order valence-corrected chi connectivity index (χ4v) is 2.46. The minimum Gasteiger partial charge on any atom is -0.480 e. The molecular weight excluding hydrogens is 366 g/mol. The van der Waals surface area contributed by atoms with E-state index >= 15 is 0 Å². The van der Waals surface area contributed by atoms with Gasteiger partial charge in [0.1, 0.15) is 12.1 Å². The van der Waals surface area contributed by atoms with Crippen molar-refractivity contribution in [3.05, 3.63) is 35.9 Å². The topological polar surface area (TPSA) is 180 Å². The molecule has 0 saturated heterocycles. The van der Waals surface area contributed by atoms with E-state index in [0.717, 1.165) is 5.56 Å². The Balaban J connectivity index is 2.72. The van der Waals surface area contributed by atoms with E-state index in [0.29, 0.717) is 6.54 Å². The van der Waals surface area contributed by atoms with Crippen LogP contribution in [-0.2, 0) is 20.9 Å². The number of rotatable bonds is 12. The van der Waals surface area contributed by atoms with E-state index in [2.05, 4.69) is 16.0 Å². The number of nitrogens with two attached hydrogens (primary N) is 2. The maximum absolute atomic E-state index is 12.5. The normalized spacial score (nSPS) is 15.1. The van der Waals surface area contributed by atoms with Crippen LogP contribution < -0.4 is 27.4 Å². The van der Waals surface area contributed by atoms with Crippen molar-refractivity contribution >= 4 is 17.8 Å². The predicted molar refractivity (Wildman–Crippen MR) is 103 cm³/mol. The first-order valence-corrected chi connectivity index (χ1v) is 8.99. The molecule has 0 aromatic heterocycles. The fraction of sp³-hybridized carbons (Fsp3) is 0.500. The van der Waals surface area contributed by atoms with E-state index in [-0.39, 0.29) is 19.5 Å². The highest BCUT2D eigenvalue weighted by atomic mass is 16.4. The van der Waals surface area contributed by atoms with Crippen LogP contribution in [-0.4, -0.2) is 65.3 Å². The summed E-state index contributed by atoms with van der Waals surface area (Å²) in [6.07, 6.45) is -1.23. The molecule has 9 N–H and O–H groups in total. The molecule has 1 rings (SSSR count). The van der Waals surface area contributed by atoms with Gasteiger partial charge in [0.25, 0.3) is 0 Å².